The fraction of sp³-hybridized carbons (Fsp3) is 0.250. The van der Waals surface area contributed by atoms with Gasteiger partial charge >= 0.3 is 0 Å². The van der Waals surface area contributed by atoms with Gasteiger partial charge in [0.15, 0.2) is 0 Å². The largest absolute Gasteiger partial charge is 0.325 e. The molecular weight excluding hydrogens is 351 g/mol. The summed E-state index contributed by atoms with van der Waals surface area (Å²) in [6, 6.07) is 22.3. The number of hydrogen-bond acceptors (Lipinski definition) is 2. The maximum absolute atomic E-state index is 14.1. The van der Waals surface area contributed by atoms with Crippen LogP contribution in [-0.2, 0) is 15.3 Å². The summed E-state index contributed by atoms with van der Waals surface area (Å²) >= 11 is 0. The topological polar surface area (TPSA) is 26.3 Å². The van der Waals surface area contributed by atoms with E-state index >= 15 is 0 Å². The standard InChI is InChI=1S/C24H27O2P/c1-5-26-27(25,17-23-19(3)15-18(2)16-20(23)4)24-14-10-9-13-22(24)21-11-7-6-8-12-21/h6-16H,5,17H2,1-4H3. The van der Waals surface area contributed by atoms with Crippen LogP contribution in [0, 0.1) is 20.8 Å². The molecule has 0 saturated heterocycles. The van der Waals surface area contributed by atoms with Crippen molar-refractivity contribution in [3.8, 4) is 11.1 Å². The smallest absolute Gasteiger partial charge is 0.237 e. The minimum atomic E-state index is -3.07. The van der Waals surface area contributed by atoms with Crippen LogP contribution in [-0.4, -0.2) is 6.61 Å². The Balaban J connectivity index is 2.13. The molecule has 0 aromatic heterocycles. The number of rotatable bonds is 6. The van der Waals surface area contributed by atoms with E-state index in [0.717, 1.165) is 22.0 Å². The van der Waals surface area contributed by atoms with Crippen molar-refractivity contribution in [3.63, 3.8) is 0 Å². The predicted octanol–water partition coefficient (Wildman–Crippen LogP) is 6.42. The van der Waals surface area contributed by atoms with Gasteiger partial charge in [0.05, 0.1) is 12.8 Å². The summed E-state index contributed by atoms with van der Waals surface area (Å²) in [6.07, 6.45) is 0.419. The highest BCUT2D eigenvalue weighted by Crippen LogP contribution is 2.52. The molecule has 0 aliphatic rings. The Kier molecular flexibility index (Phi) is 5.99. The monoisotopic (exact) mass is 378 g/mol. The zero-order valence-electron chi connectivity index (χ0n) is 16.5. The van der Waals surface area contributed by atoms with E-state index in [-0.39, 0.29) is 0 Å². The zero-order valence-corrected chi connectivity index (χ0v) is 17.4. The van der Waals surface area contributed by atoms with Gasteiger partial charge in [0.1, 0.15) is 0 Å². The number of aryl methyl sites for hydroxylation is 3. The molecule has 3 aromatic rings. The van der Waals surface area contributed by atoms with E-state index in [1.54, 1.807) is 0 Å². The number of benzene rings is 3. The van der Waals surface area contributed by atoms with E-state index in [4.69, 9.17) is 4.52 Å². The van der Waals surface area contributed by atoms with Gasteiger partial charge in [-0.1, -0.05) is 66.2 Å². The third-order valence-corrected chi connectivity index (χ3v) is 7.43. The van der Waals surface area contributed by atoms with Crippen LogP contribution < -0.4 is 5.30 Å². The van der Waals surface area contributed by atoms with Crippen molar-refractivity contribution in [1.82, 2.24) is 0 Å². The van der Waals surface area contributed by atoms with E-state index in [9.17, 15) is 4.57 Å². The second-order valence-corrected chi connectivity index (χ2v) is 9.41. The third-order valence-electron chi connectivity index (χ3n) is 4.90. The Hall–Kier alpha value is -2.15. The lowest BCUT2D eigenvalue weighted by molar-refractivity contribution is 0.340. The minimum Gasteiger partial charge on any atom is -0.325 e. The third kappa shape index (κ3) is 4.24. The zero-order chi connectivity index (χ0) is 19.4. The fourth-order valence-electron chi connectivity index (χ4n) is 3.71. The Morgan fingerprint density at radius 2 is 1.44 bits per heavy atom. The summed E-state index contributed by atoms with van der Waals surface area (Å²) in [5.74, 6) is 0. The quantitative estimate of drug-likeness (QED) is 0.463. The molecule has 2 nitrogen and oxygen atoms in total. The SMILES string of the molecule is CCOP(=O)(Cc1c(C)cc(C)cc1C)c1ccccc1-c1ccccc1. The van der Waals surface area contributed by atoms with Crippen LogP contribution in [0.15, 0.2) is 66.7 Å². The van der Waals surface area contributed by atoms with Gasteiger partial charge in [-0.25, -0.2) is 0 Å². The maximum atomic E-state index is 14.1. The van der Waals surface area contributed by atoms with Gasteiger partial charge in [0, 0.05) is 5.30 Å². The van der Waals surface area contributed by atoms with Gasteiger partial charge in [-0.05, 0) is 61.6 Å². The van der Waals surface area contributed by atoms with E-state index < -0.39 is 7.37 Å². The van der Waals surface area contributed by atoms with E-state index in [2.05, 4.69) is 45.0 Å². The highest BCUT2D eigenvalue weighted by Gasteiger charge is 2.30. The lowest BCUT2D eigenvalue weighted by atomic mass is 10.0. The maximum Gasteiger partial charge on any atom is 0.237 e. The first-order chi connectivity index (χ1) is 12.9. The highest BCUT2D eigenvalue weighted by atomic mass is 31.2. The Bertz CT molecular complexity index is 954. The van der Waals surface area contributed by atoms with Crippen LogP contribution in [0.5, 0.6) is 0 Å². The Morgan fingerprint density at radius 3 is 2.07 bits per heavy atom. The first kappa shape index (κ1) is 19.6. The second kappa shape index (κ2) is 8.25. The van der Waals surface area contributed by atoms with Gasteiger partial charge in [-0.2, -0.15) is 0 Å². The first-order valence-corrected chi connectivity index (χ1v) is 11.2. The molecule has 27 heavy (non-hydrogen) atoms. The van der Waals surface area contributed by atoms with E-state index in [1.807, 2.05) is 49.4 Å². The van der Waals surface area contributed by atoms with Crippen LogP contribution in [0.4, 0.5) is 0 Å². The van der Waals surface area contributed by atoms with Crippen LogP contribution in [0.1, 0.15) is 29.2 Å². The van der Waals surface area contributed by atoms with E-state index in [1.165, 1.54) is 16.7 Å². The molecule has 0 fully saturated rings. The predicted molar refractivity (Wildman–Crippen MR) is 115 cm³/mol. The molecule has 0 amide bonds. The molecule has 3 aromatic carbocycles. The fourth-order valence-corrected chi connectivity index (χ4v) is 6.33. The van der Waals surface area contributed by atoms with Gasteiger partial charge in [-0.15, -0.1) is 0 Å². The Morgan fingerprint density at radius 1 is 0.852 bits per heavy atom. The summed E-state index contributed by atoms with van der Waals surface area (Å²) in [7, 11) is -3.07. The summed E-state index contributed by atoms with van der Waals surface area (Å²) in [4.78, 5) is 0. The average molecular weight is 378 g/mol. The van der Waals surface area contributed by atoms with Crippen LogP contribution in [0.3, 0.4) is 0 Å². The highest BCUT2D eigenvalue weighted by molar-refractivity contribution is 7.66. The van der Waals surface area contributed by atoms with Gasteiger partial charge < -0.3 is 4.52 Å². The lowest BCUT2D eigenvalue weighted by Crippen LogP contribution is -2.14. The molecule has 0 radical (unpaired) electrons. The van der Waals surface area contributed by atoms with Gasteiger partial charge in [0.2, 0.25) is 7.37 Å². The van der Waals surface area contributed by atoms with Gasteiger partial charge in [0.25, 0.3) is 0 Å². The second-order valence-electron chi connectivity index (χ2n) is 7.01. The van der Waals surface area contributed by atoms with Crippen LogP contribution in [0.2, 0.25) is 0 Å². The molecule has 1 unspecified atom stereocenters. The molecule has 1 atom stereocenters. The Labute approximate surface area is 162 Å². The summed E-state index contributed by atoms with van der Waals surface area (Å²) in [6.45, 7) is 8.61. The van der Waals surface area contributed by atoms with Crippen molar-refractivity contribution in [2.24, 2.45) is 0 Å². The normalized spacial score (nSPS) is 13.3. The molecule has 0 aliphatic heterocycles. The molecular formula is C24H27O2P. The molecule has 3 heteroatoms. The molecule has 0 N–H and O–H groups in total. The minimum absolute atomic E-state index is 0.419. The lowest BCUT2D eigenvalue weighted by Gasteiger charge is -2.23. The molecule has 0 saturated carbocycles. The molecule has 140 valence electrons. The summed E-state index contributed by atoms with van der Waals surface area (Å²) < 4.78 is 20.1. The van der Waals surface area contributed by atoms with Crippen molar-refractivity contribution in [3.05, 3.63) is 89.0 Å². The molecule has 0 heterocycles. The van der Waals surface area contributed by atoms with Crippen LogP contribution >= 0.6 is 7.37 Å². The summed E-state index contributed by atoms with van der Waals surface area (Å²) in [5.41, 5.74) is 6.74. The van der Waals surface area contributed by atoms with Crippen molar-refractivity contribution in [2.45, 2.75) is 33.9 Å². The van der Waals surface area contributed by atoms with Crippen molar-refractivity contribution < 1.29 is 9.09 Å². The van der Waals surface area contributed by atoms with Gasteiger partial charge in [-0.3, -0.25) is 4.57 Å². The van der Waals surface area contributed by atoms with Crippen LogP contribution in [0.25, 0.3) is 11.1 Å². The van der Waals surface area contributed by atoms with Crippen molar-refractivity contribution in [2.75, 3.05) is 6.61 Å². The van der Waals surface area contributed by atoms with E-state index in [0.29, 0.717) is 12.8 Å². The number of hydrogen-bond donors (Lipinski definition) is 0. The summed E-state index contributed by atoms with van der Waals surface area (Å²) in [5, 5.41) is 0.803. The van der Waals surface area contributed by atoms with Crippen molar-refractivity contribution >= 4 is 12.7 Å². The molecule has 0 spiro atoms. The first-order valence-electron chi connectivity index (χ1n) is 9.40. The molecule has 0 aliphatic carbocycles. The van der Waals surface area contributed by atoms with Crippen molar-refractivity contribution in [1.29, 1.82) is 0 Å². The average Bonchev–Trinajstić information content (AvgIpc) is 2.66. The molecule has 3 rings (SSSR count). The molecule has 0 bridgehead atoms.